The molecule has 1 amide bonds. The van der Waals surface area contributed by atoms with E-state index in [9.17, 15) is 13.2 Å². The number of nitrogens with zero attached hydrogens (tertiary/aromatic N) is 3. The van der Waals surface area contributed by atoms with Crippen LogP contribution in [0.15, 0.2) is 9.64 Å². The van der Waals surface area contributed by atoms with Crippen molar-refractivity contribution < 1.29 is 17.6 Å². The first kappa shape index (κ1) is 15.8. The molecule has 1 saturated heterocycles. The number of aromatic nitrogens is 2. The molecule has 2 fully saturated rings. The molecule has 0 N–H and O–H groups in total. The molecule has 0 spiro atoms. The monoisotopic (exact) mass is 345 g/mol. The molecule has 0 bridgehead atoms. The van der Waals surface area contributed by atoms with Gasteiger partial charge in [-0.05, 0) is 26.2 Å². The highest BCUT2D eigenvalue weighted by atomic mass is 32.2. The lowest BCUT2D eigenvalue weighted by atomic mass is 10.2. The van der Waals surface area contributed by atoms with Crippen LogP contribution in [0.5, 0.6) is 0 Å². The van der Waals surface area contributed by atoms with E-state index < -0.39 is 9.84 Å². The Morgan fingerprint density at radius 1 is 1.36 bits per heavy atom. The predicted molar refractivity (Wildman–Crippen MR) is 81.4 cm³/mol. The van der Waals surface area contributed by atoms with Gasteiger partial charge in [-0.3, -0.25) is 4.79 Å². The van der Waals surface area contributed by atoms with Crippen LogP contribution in [0.3, 0.4) is 0 Å². The minimum absolute atomic E-state index is 0.0546. The minimum atomic E-state index is -3.00. The van der Waals surface area contributed by atoms with Crippen molar-refractivity contribution in [3.63, 3.8) is 0 Å². The standard InChI is InChI=1S/C13H19N3O4S2/c1-8(21-13-15-14-11(20-13)9-3-4-9)12(17)16(2)10-5-6-22(18,19)7-10/h8-10H,3-7H2,1-2H3. The molecule has 0 radical (unpaired) electrons. The molecule has 22 heavy (non-hydrogen) atoms. The maximum atomic E-state index is 12.4. The lowest BCUT2D eigenvalue weighted by Crippen LogP contribution is -2.41. The normalized spacial score (nSPS) is 25.1. The van der Waals surface area contributed by atoms with E-state index in [1.54, 1.807) is 18.9 Å². The van der Waals surface area contributed by atoms with Gasteiger partial charge in [0, 0.05) is 19.0 Å². The molecular formula is C13H19N3O4S2. The molecule has 1 aliphatic carbocycles. The third kappa shape index (κ3) is 3.45. The second-order valence-corrected chi connectivity index (χ2v) is 9.47. The van der Waals surface area contributed by atoms with Gasteiger partial charge in [-0.15, -0.1) is 10.2 Å². The van der Waals surface area contributed by atoms with Gasteiger partial charge in [0.2, 0.25) is 11.8 Å². The zero-order valence-electron chi connectivity index (χ0n) is 12.6. The summed E-state index contributed by atoms with van der Waals surface area (Å²) >= 11 is 1.22. The SMILES string of the molecule is CC(Sc1nnc(C2CC2)o1)C(=O)N(C)C1CCS(=O)(=O)C1. The molecule has 1 saturated carbocycles. The van der Waals surface area contributed by atoms with E-state index >= 15 is 0 Å². The molecule has 1 aromatic heterocycles. The Bertz CT molecular complexity index is 669. The van der Waals surface area contributed by atoms with Crippen molar-refractivity contribution in [2.45, 2.75) is 48.6 Å². The summed E-state index contributed by atoms with van der Waals surface area (Å²) in [6.07, 6.45) is 2.67. The first-order valence-corrected chi connectivity index (χ1v) is 10.0. The maximum Gasteiger partial charge on any atom is 0.277 e. The van der Waals surface area contributed by atoms with Crippen LogP contribution in [-0.4, -0.2) is 59.3 Å². The summed E-state index contributed by atoms with van der Waals surface area (Å²) in [6, 6.07) is -0.231. The summed E-state index contributed by atoms with van der Waals surface area (Å²) in [7, 11) is -1.34. The summed E-state index contributed by atoms with van der Waals surface area (Å²) in [5.41, 5.74) is 0. The topological polar surface area (TPSA) is 93.4 Å². The van der Waals surface area contributed by atoms with E-state index in [-0.39, 0.29) is 28.7 Å². The molecule has 3 rings (SSSR count). The van der Waals surface area contributed by atoms with Gasteiger partial charge >= 0.3 is 0 Å². The average Bonchev–Trinajstić information content (AvgIpc) is 3.11. The number of thioether (sulfide) groups is 1. The molecule has 122 valence electrons. The largest absolute Gasteiger partial charge is 0.416 e. The molecule has 1 aromatic rings. The Kier molecular flexibility index (Phi) is 4.19. The van der Waals surface area contributed by atoms with Crippen LogP contribution in [0.1, 0.15) is 38.0 Å². The van der Waals surface area contributed by atoms with Crippen molar-refractivity contribution in [3.8, 4) is 0 Å². The molecular weight excluding hydrogens is 326 g/mol. The number of amides is 1. The van der Waals surface area contributed by atoms with Crippen LogP contribution in [-0.2, 0) is 14.6 Å². The molecule has 9 heteroatoms. The fourth-order valence-corrected chi connectivity index (χ4v) is 5.08. The number of rotatable bonds is 5. The van der Waals surface area contributed by atoms with Gasteiger partial charge in [0.1, 0.15) is 0 Å². The van der Waals surface area contributed by atoms with Gasteiger partial charge in [0.25, 0.3) is 5.22 Å². The predicted octanol–water partition coefficient (Wildman–Crippen LogP) is 1.07. The van der Waals surface area contributed by atoms with E-state index in [0.29, 0.717) is 23.5 Å². The first-order chi connectivity index (χ1) is 10.4. The molecule has 2 atom stereocenters. The van der Waals surface area contributed by atoms with E-state index in [2.05, 4.69) is 10.2 Å². The lowest BCUT2D eigenvalue weighted by molar-refractivity contribution is -0.130. The minimum Gasteiger partial charge on any atom is -0.416 e. The highest BCUT2D eigenvalue weighted by Gasteiger charge is 2.35. The highest BCUT2D eigenvalue weighted by molar-refractivity contribution is 8.00. The highest BCUT2D eigenvalue weighted by Crippen LogP contribution is 2.40. The van der Waals surface area contributed by atoms with Gasteiger partial charge in [0.15, 0.2) is 9.84 Å². The summed E-state index contributed by atoms with van der Waals surface area (Å²) < 4.78 is 28.6. The van der Waals surface area contributed by atoms with Gasteiger partial charge in [-0.2, -0.15) is 0 Å². The molecule has 2 unspecified atom stereocenters. The van der Waals surface area contributed by atoms with Crippen LogP contribution >= 0.6 is 11.8 Å². The van der Waals surface area contributed by atoms with Crippen molar-refractivity contribution in [2.24, 2.45) is 0 Å². The van der Waals surface area contributed by atoms with Crippen molar-refractivity contribution in [1.29, 1.82) is 0 Å². The van der Waals surface area contributed by atoms with Crippen LogP contribution in [0.25, 0.3) is 0 Å². The summed E-state index contributed by atoms with van der Waals surface area (Å²) in [5, 5.41) is 7.96. The van der Waals surface area contributed by atoms with Crippen LogP contribution < -0.4 is 0 Å². The lowest BCUT2D eigenvalue weighted by Gasteiger charge is -2.25. The summed E-state index contributed by atoms with van der Waals surface area (Å²) in [5.74, 6) is 1.14. The summed E-state index contributed by atoms with van der Waals surface area (Å²) in [4.78, 5) is 14.0. The van der Waals surface area contributed by atoms with E-state index in [0.717, 1.165) is 12.8 Å². The molecule has 2 aliphatic rings. The zero-order chi connectivity index (χ0) is 15.9. The van der Waals surface area contributed by atoms with Crippen LogP contribution in [0.4, 0.5) is 0 Å². The third-order valence-corrected chi connectivity index (χ3v) is 6.75. The van der Waals surface area contributed by atoms with Crippen molar-refractivity contribution in [2.75, 3.05) is 18.6 Å². The number of hydrogen-bond donors (Lipinski definition) is 0. The smallest absolute Gasteiger partial charge is 0.277 e. The zero-order valence-corrected chi connectivity index (χ0v) is 14.2. The first-order valence-electron chi connectivity index (χ1n) is 7.33. The van der Waals surface area contributed by atoms with Crippen LogP contribution in [0.2, 0.25) is 0 Å². The van der Waals surface area contributed by atoms with E-state index in [1.807, 2.05) is 0 Å². The van der Waals surface area contributed by atoms with Gasteiger partial charge < -0.3 is 9.32 Å². The van der Waals surface area contributed by atoms with E-state index in [1.165, 1.54) is 11.8 Å². The Balaban J connectivity index is 1.58. The third-order valence-electron chi connectivity index (χ3n) is 4.08. The Morgan fingerprint density at radius 2 is 2.09 bits per heavy atom. The Labute approximate surface area is 133 Å². The fraction of sp³-hybridized carbons (Fsp3) is 0.769. The van der Waals surface area contributed by atoms with Crippen LogP contribution in [0, 0.1) is 0 Å². The van der Waals surface area contributed by atoms with E-state index in [4.69, 9.17) is 4.42 Å². The molecule has 0 aromatic carbocycles. The maximum absolute atomic E-state index is 12.4. The van der Waals surface area contributed by atoms with Crippen molar-refractivity contribution in [1.82, 2.24) is 15.1 Å². The molecule has 2 heterocycles. The van der Waals surface area contributed by atoms with Gasteiger partial charge in [-0.25, -0.2) is 8.42 Å². The van der Waals surface area contributed by atoms with Gasteiger partial charge in [0.05, 0.1) is 16.8 Å². The second-order valence-electron chi connectivity index (χ2n) is 5.95. The number of carbonyl (C=O) groups is 1. The molecule has 7 nitrogen and oxygen atoms in total. The number of carbonyl (C=O) groups excluding carboxylic acids is 1. The van der Waals surface area contributed by atoms with Gasteiger partial charge in [-0.1, -0.05) is 11.8 Å². The number of sulfone groups is 1. The number of hydrogen-bond acceptors (Lipinski definition) is 7. The van der Waals surface area contributed by atoms with Crippen molar-refractivity contribution in [3.05, 3.63) is 5.89 Å². The Hall–Kier alpha value is -1.09. The summed E-state index contributed by atoms with van der Waals surface area (Å²) in [6.45, 7) is 1.77. The molecule has 1 aliphatic heterocycles. The fourth-order valence-electron chi connectivity index (χ4n) is 2.51. The second kappa shape index (κ2) is 5.84. The quantitative estimate of drug-likeness (QED) is 0.737. The average molecular weight is 345 g/mol. The Morgan fingerprint density at radius 3 is 2.68 bits per heavy atom. The van der Waals surface area contributed by atoms with Crippen molar-refractivity contribution >= 4 is 27.5 Å².